The van der Waals surface area contributed by atoms with Crippen molar-refractivity contribution in [3.8, 4) is 0 Å². The molecule has 2 nitrogen and oxygen atoms in total. The minimum absolute atomic E-state index is 0.209. The van der Waals surface area contributed by atoms with Crippen LogP contribution in [-0.2, 0) is 4.79 Å². The first-order valence-corrected chi connectivity index (χ1v) is 6.16. The van der Waals surface area contributed by atoms with Crippen molar-refractivity contribution in [3.63, 3.8) is 0 Å². The van der Waals surface area contributed by atoms with Crippen LogP contribution in [0, 0.1) is 0 Å². The van der Waals surface area contributed by atoms with Crippen LogP contribution in [0.4, 0.5) is 0 Å². The first kappa shape index (κ1) is 13.6. The normalized spacial score (nSPS) is 13.6. The molecule has 0 saturated carbocycles. The molecule has 0 aromatic heterocycles. The van der Waals surface area contributed by atoms with Crippen LogP contribution in [0.15, 0.2) is 24.3 Å². The third kappa shape index (κ3) is 3.81. The van der Waals surface area contributed by atoms with Crippen LogP contribution in [0.3, 0.4) is 0 Å². The van der Waals surface area contributed by atoms with Crippen molar-refractivity contribution in [2.24, 2.45) is 0 Å². The zero-order valence-electron chi connectivity index (χ0n) is 9.53. The lowest BCUT2D eigenvalue weighted by Gasteiger charge is -2.19. The Morgan fingerprint density at radius 3 is 2.44 bits per heavy atom. The van der Waals surface area contributed by atoms with Gasteiger partial charge in [-0.2, -0.15) is 0 Å². The quantitative estimate of drug-likeness (QED) is 0.883. The number of thioether (sulfide) groups is 1. The van der Waals surface area contributed by atoms with Crippen molar-refractivity contribution in [3.05, 3.63) is 34.9 Å². The number of carbonyl (C=O) groups excluding carboxylic acids is 1. The van der Waals surface area contributed by atoms with E-state index < -0.39 is 6.10 Å². The molecule has 0 saturated heterocycles. The van der Waals surface area contributed by atoms with Gasteiger partial charge in [-0.25, -0.2) is 0 Å². The molecule has 16 heavy (non-hydrogen) atoms. The molecule has 0 aliphatic carbocycles. The molecule has 0 bridgehead atoms. The highest BCUT2D eigenvalue weighted by Crippen LogP contribution is 2.32. The van der Waals surface area contributed by atoms with E-state index in [-0.39, 0.29) is 9.86 Å². The Labute approximate surface area is 105 Å². The molecule has 4 heteroatoms. The summed E-state index contributed by atoms with van der Waals surface area (Å²) in [6.45, 7) is 5.78. The number of benzene rings is 1. The molecule has 1 aromatic carbocycles. The number of aliphatic hydroxyl groups excluding tert-OH is 1. The summed E-state index contributed by atoms with van der Waals surface area (Å²) in [5.74, 6) is 0. The number of halogens is 1. The maximum Gasteiger partial charge on any atom is 0.222 e. The third-order valence-electron chi connectivity index (χ3n) is 1.83. The largest absolute Gasteiger partial charge is 0.380 e. The second-order valence-electron chi connectivity index (χ2n) is 4.46. The van der Waals surface area contributed by atoms with Gasteiger partial charge >= 0.3 is 0 Å². The highest BCUT2D eigenvalue weighted by molar-refractivity contribution is 8.14. The number of hydrogen-bond acceptors (Lipinski definition) is 3. The molecule has 1 rings (SSSR count). The summed E-state index contributed by atoms with van der Waals surface area (Å²) < 4.78 is -0.209. The fourth-order valence-corrected chi connectivity index (χ4v) is 2.26. The number of rotatable bonds is 2. The van der Waals surface area contributed by atoms with Gasteiger partial charge in [0, 0.05) is 15.3 Å². The molecule has 88 valence electrons. The average Bonchev–Trinajstić information content (AvgIpc) is 2.15. The van der Waals surface area contributed by atoms with Crippen molar-refractivity contribution in [2.45, 2.75) is 31.6 Å². The van der Waals surface area contributed by atoms with Gasteiger partial charge < -0.3 is 5.11 Å². The van der Waals surface area contributed by atoms with Gasteiger partial charge in [0.1, 0.15) is 6.10 Å². The average molecular weight is 259 g/mol. The Morgan fingerprint density at radius 1 is 1.38 bits per heavy atom. The second kappa shape index (κ2) is 5.21. The number of hydrogen-bond donors (Lipinski definition) is 1. The highest BCUT2D eigenvalue weighted by atomic mass is 35.5. The van der Waals surface area contributed by atoms with E-state index in [0.29, 0.717) is 10.6 Å². The van der Waals surface area contributed by atoms with Crippen LogP contribution in [-0.4, -0.2) is 15.0 Å². The van der Waals surface area contributed by atoms with Gasteiger partial charge in [0.05, 0.1) is 0 Å². The minimum atomic E-state index is -1.15. The first-order valence-electron chi connectivity index (χ1n) is 4.96. The minimum Gasteiger partial charge on any atom is -0.380 e. The lowest BCUT2D eigenvalue weighted by molar-refractivity contribution is -0.118. The summed E-state index contributed by atoms with van der Waals surface area (Å²) >= 11 is 7.03. The summed E-state index contributed by atoms with van der Waals surface area (Å²) in [5.41, 5.74) is 0.464. The molecule has 1 N–H and O–H groups in total. The molecular weight excluding hydrogens is 244 g/mol. The van der Waals surface area contributed by atoms with Gasteiger partial charge in [0.25, 0.3) is 0 Å². The van der Waals surface area contributed by atoms with E-state index in [1.807, 2.05) is 20.8 Å². The summed E-state index contributed by atoms with van der Waals surface area (Å²) in [6.07, 6.45) is -1.15. The molecule has 1 atom stereocenters. The lowest BCUT2D eigenvalue weighted by atomic mass is 10.1. The van der Waals surface area contributed by atoms with E-state index in [1.54, 1.807) is 24.3 Å². The van der Waals surface area contributed by atoms with Crippen molar-refractivity contribution >= 4 is 28.5 Å². The van der Waals surface area contributed by atoms with E-state index in [1.165, 1.54) is 0 Å². The zero-order valence-corrected chi connectivity index (χ0v) is 11.1. The molecule has 0 radical (unpaired) electrons. The van der Waals surface area contributed by atoms with Gasteiger partial charge in [0.2, 0.25) is 5.12 Å². The molecule has 1 unspecified atom stereocenters. The second-order valence-corrected chi connectivity index (χ2v) is 6.70. The summed E-state index contributed by atoms with van der Waals surface area (Å²) in [5, 5.41) is 10.0. The fraction of sp³-hybridized carbons (Fsp3) is 0.417. The maximum absolute atomic E-state index is 11.8. The fourth-order valence-electron chi connectivity index (χ4n) is 1.18. The molecule has 0 spiro atoms. The van der Waals surface area contributed by atoms with Crippen molar-refractivity contribution in [1.82, 2.24) is 0 Å². The van der Waals surface area contributed by atoms with Gasteiger partial charge in [-0.15, -0.1) is 0 Å². The van der Waals surface area contributed by atoms with Gasteiger partial charge in [-0.1, -0.05) is 62.3 Å². The Bertz CT molecular complexity index is 385. The topological polar surface area (TPSA) is 37.3 Å². The Kier molecular flexibility index (Phi) is 4.42. The SMILES string of the molecule is CC(C)(C)SC(=O)C(O)c1ccccc1Cl. The van der Waals surface area contributed by atoms with Crippen LogP contribution in [0.25, 0.3) is 0 Å². The van der Waals surface area contributed by atoms with E-state index >= 15 is 0 Å². The standard InChI is InChI=1S/C12H15ClO2S/c1-12(2,3)16-11(15)10(14)8-6-4-5-7-9(8)13/h4-7,10,14H,1-3H3. The summed E-state index contributed by atoms with van der Waals surface area (Å²) in [6, 6.07) is 6.84. The lowest BCUT2D eigenvalue weighted by Crippen LogP contribution is -2.17. The van der Waals surface area contributed by atoms with Crippen molar-refractivity contribution in [1.29, 1.82) is 0 Å². The van der Waals surface area contributed by atoms with Gasteiger partial charge in [0.15, 0.2) is 0 Å². The van der Waals surface area contributed by atoms with E-state index in [2.05, 4.69) is 0 Å². The molecular formula is C12H15ClO2S. The van der Waals surface area contributed by atoms with Gasteiger partial charge in [-0.05, 0) is 6.07 Å². The zero-order chi connectivity index (χ0) is 12.3. The van der Waals surface area contributed by atoms with E-state index in [9.17, 15) is 9.90 Å². The monoisotopic (exact) mass is 258 g/mol. The molecule has 0 fully saturated rings. The molecule has 0 heterocycles. The van der Waals surface area contributed by atoms with Crippen LogP contribution < -0.4 is 0 Å². The number of aliphatic hydroxyl groups is 1. The van der Waals surface area contributed by atoms with Gasteiger partial charge in [-0.3, -0.25) is 4.79 Å². The van der Waals surface area contributed by atoms with Crippen LogP contribution in [0.1, 0.15) is 32.4 Å². The predicted molar refractivity (Wildman–Crippen MR) is 68.8 cm³/mol. The van der Waals surface area contributed by atoms with E-state index in [4.69, 9.17) is 11.6 Å². The number of carbonyl (C=O) groups is 1. The van der Waals surface area contributed by atoms with E-state index in [0.717, 1.165) is 11.8 Å². The third-order valence-corrected chi connectivity index (χ3v) is 3.21. The molecule has 0 aliphatic heterocycles. The predicted octanol–water partition coefficient (Wildman–Crippen LogP) is 3.43. The molecule has 0 aliphatic rings. The smallest absolute Gasteiger partial charge is 0.222 e. The first-order chi connectivity index (χ1) is 7.31. The molecule has 1 aromatic rings. The summed E-state index contributed by atoms with van der Waals surface area (Å²) in [4.78, 5) is 11.8. The maximum atomic E-state index is 11.8. The van der Waals surface area contributed by atoms with Crippen LogP contribution >= 0.6 is 23.4 Å². The molecule has 0 amide bonds. The Hall–Kier alpha value is -0.510. The summed E-state index contributed by atoms with van der Waals surface area (Å²) in [7, 11) is 0. The Balaban J connectivity index is 2.83. The van der Waals surface area contributed by atoms with Crippen molar-refractivity contribution in [2.75, 3.05) is 0 Å². The van der Waals surface area contributed by atoms with Crippen LogP contribution in [0.2, 0.25) is 5.02 Å². The van der Waals surface area contributed by atoms with Crippen molar-refractivity contribution < 1.29 is 9.90 Å². The highest BCUT2D eigenvalue weighted by Gasteiger charge is 2.25. The van der Waals surface area contributed by atoms with Crippen LogP contribution in [0.5, 0.6) is 0 Å². The Morgan fingerprint density at radius 2 is 1.94 bits per heavy atom.